The molecule has 2 aromatic rings. The van der Waals surface area contributed by atoms with Gasteiger partial charge in [0.2, 0.25) is 0 Å². The van der Waals surface area contributed by atoms with E-state index in [1.807, 2.05) is 41.0 Å². The summed E-state index contributed by atoms with van der Waals surface area (Å²) in [6, 6.07) is 11.5. The van der Waals surface area contributed by atoms with Gasteiger partial charge < -0.3 is 39.5 Å². The number of aryl methyl sites for hydroxylation is 1. The van der Waals surface area contributed by atoms with Gasteiger partial charge in [0.15, 0.2) is 6.10 Å². The molecule has 2 radical (unpaired) electrons. The lowest BCUT2D eigenvalue weighted by Gasteiger charge is -2.43. The fourth-order valence-corrected chi connectivity index (χ4v) is 8.18. The molecular weight excluding hydrogens is 675 g/mol. The standard InChI is InChI=1S/C39H53BN6O7/c1-3-52-35(47)13-14-42-20-22-43(23-21-42)30-9-15-44(16-10-30)37(49)34(26-28-24-27(2)36(48)32(40)25-28)53-39(51)45-17-11-31(12-18-45)46-19-8-29-6-4-5-7-33(29)41-38(46)50/h4-7,24-25,30-31,34,48H,3,8-23,26H2,1-2H3,(H,41,50)/t34-/m1/s1. The summed E-state index contributed by atoms with van der Waals surface area (Å²) in [4.78, 5) is 62.8. The monoisotopic (exact) mass is 728 g/mol. The van der Waals surface area contributed by atoms with E-state index in [4.69, 9.17) is 17.3 Å². The maximum Gasteiger partial charge on any atom is 0.410 e. The number of phenols is 1. The van der Waals surface area contributed by atoms with Gasteiger partial charge in [0.05, 0.1) is 13.0 Å². The van der Waals surface area contributed by atoms with Crippen LogP contribution in [0.25, 0.3) is 0 Å². The van der Waals surface area contributed by atoms with Crippen molar-refractivity contribution in [1.82, 2.24) is 24.5 Å². The number of ether oxygens (including phenoxy) is 2. The summed E-state index contributed by atoms with van der Waals surface area (Å²) < 4.78 is 11.1. The first-order valence-corrected chi connectivity index (χ1v) is 19.2. The SMILES string of the molecule is [B]c1cc(C[C@@H](OC(=O)N2CCC(N3CCc4ccccc4NC3=O)CC2)C(=O)N2CCC(N3CCN(CCC(=O)OCC)CC3)CC2)cc(C)c1O. The van der Waals surface area contributed by atoms with Crippen LogP contribution in [-0.2, 0) is 31.9 Å². The first kappa shape index (κ1) is 38.4. The van der Waals surface area contributed by atoms with Crippen LogP contribution in [0.15, 0.2) is 36.4 Å². The van der Waals surface area contributed by atoms with Crippen molar-refractivity contribution >= 4 is 43.0 Å². The molecule has 2 N–H and O–H groups in total. The Morgan fingerprint density at radius 1 is 0.925 bits per heavy atom. The Bertz CT molecular complexity index is 1600. The topological polar surface area (TPSA) is 135 Å². The number of esters is 1. The van der Waals surface area contributed by atoms with Crippen LogP contribution < -0.4 is 10.8 Å². The van der Waals surface area contributed by atoms with E-state index in [0.29, 0.717) is 82.3 Å². The second-order valence-corrected chi connectivity index (χ2v) is 14.7. The Balaban J connectivity index is 1.03. The first-order valence-electron chi connectivity index (χ1n) is 19.2. The number of hydrogen-bond acceptors (Lipinski definition) is 9. The van der Waals surface area contributed by atoms with Crippen molar-refractivity contribution in [3.05, 3.63) is 53.1 Å². The molecule has 0 aliphatic carbocycles. The van der Waals surface area contributed by atoms with Gasteiger partial charge in [0.1, 0.15) is 13.6 Å². The number of aromatic hydroxyl groups is 1. The van der Waals surface area contributed by atoms with E-state index < -0.39 is 12.2 Å². The second kappa shape index (κ2) is 17.7. The molecule has 0 unspecified atom stereocenters. The lowest BCUT2D eigenvalue weighted by molar-refractivity contribution is -0.144. The van der Waals surface area contributed by atoms with Crippen molar-refractivity contribution in [2.45, 2.75) is 77.0 Å². The third kappa shape index (κ3) is 9.63. The molecule has 4 aliphatic heterocycles. The largest absolute Gasteiger partial charge is 0.508 e. The molecule has 1 atom stereocenters. The normalized spacial score (nSPS) is 20.0. The summed E-state index contributed by atoms with van der Waals surface area (Å²) in [5.41, 5.74) is 3.45. The minimum Gasteiger partial charge on any atom is -0.508 e. The molecule has 284 valence electrons. The van der Waals surface area contributed by atoms with E-state index in [1.54, 1.807) is 24.0 Å². The summed E-state index contributed by atoms with van der Waals surface area (Å²) in [5.74, 6) is -0.393. The molecule has 0 saturated carbocycles. The second-order valence-electron chi connectivity index (χ2n) is 14.7. The number of carbonyl (C=O) groups is 4. The van der Waals surface area contributed by atoms with E-state index in [1.165, 1.54) is 0 Å². The Hall–Kier alpha value is -4.30. The van der Waals surface area contributed by atoms with E-state index in [-0.39, 0.29) is 41.6 Å². The van der Waals surface area contributed by atoms with Crippen LogP contribution in [0.3, 0.4) is 0 Å². The Morgan fingerprint density at radius 3 is 2.30 bits per heavy atom. The Kier molecular flexibility index (Phi) is 12.8. The highest BCUT2D eigenvalue weighted by molar-refractivity contribution is 6.34. The molecule has 0 spiro atoms. The number of piperazine rings is 1. The molecule has 0 bridgehead atoms. The number of likely N-dealkylation sites (tertiary alicyclic amines) is 2. The van der Waals surface area contributed by atoms with Gasteiger partial charge in [0, 0.05) is 89.6 Å². The average molecular weight is 729 g/mol. The number of carbonyl (C=O) groups excluding carboxylic acids is 4. The number of urea groups is 1. The average Bonchev–Trinajstić information content (AvgIpc) is 3.34. The number of fused-ring (bicyclic) bond motifs is 1. The molecular formula is C39H53BN6O7. The smallest absolute Gasteiger partial charge is 0.410 e. The predicted octanol–water partition coefficient (Wildman–Crippen LogP) is 2.66. The van der Waals surface area contributed by atoms with Crippen molar-refractivity contribution in [1.29, 1.82) is 0 Å². The van der Waals surface area contributed by atoms with Crippen molar-refractivity contribution in [2.24, 2.45) is 0 Å². The van der Waals surface area contributed by atoms with Gasteiger partial charge >= 0.3 is 18.1 Å². The maximum atomic E-state index is 14.1. The number of nitrogens with zero attached hydrogens (tertiary/aromatic N) is 5. The van der Waals surface area contributed by atoms with E-state index in [0.717, 1.165) is 56.7 Å². The Morgan fingerprint density at radius 2 is 1.60 bits per heavy atom. The summed E-state index contributed by atoms with van der Waals surface area (Å²) in [6.07, 6.45) is 2.56. The van der Waals surface area contributed by atoms with Crippen LogP contribution >= 0.6 is 0 Å². The summed E-state index contributed by atoms with van der Waals surface area (Å²) in [6.45, 7) is 10.8. The highest BCUT2D eigenvalue weighted by Gasteiger charge is 2.36. The van der Waals surface area contributed by atoms with Crippen molar-refractivity contribution in [3.8, 4) is 5.75 Å². The molecule has 6 rings (SSSR count). The van der Waals surface area contributed by atoms with Gasteiger partial charge in [-0.15, -0.1) is 0 Å². The zero-order valence-electron chi connectivity index (χ0n) is 31.1. The minimum atomic E-state index is -1.06. The quantitative estimate of drug-likeness (QED) is 0.280. The summed E-state index contributed by atoms with van der Waals surface area (Å²) >= 11 is 0. The highest BCUT2D eigenvalue weighted by atomic mass is 16.6. The lowest BCUT2D eigenvalue weighted by Crippen LogP contribution is -2.55. The van der Waals surface area contributed by atoms with E-state index >= 15 is 0 Å². The van der Waals surface area contributed by atoms with Gasteiger partial charge in [-0.2, -0.15) is 0 Å². The fraction of sp³-hybridized carbons (Fsp3) is 0.590. The van der Waals surface area contributed by atoms with Crippen LogP contribution in [-0.4, -0.2) is 152 Å². The lowest BCUT2D eigenvalue weighted by atomic mass is 9.89. The number of benzene rings is 2. The number of para-hydroxylation sites is 1. The molecule has 4 heterocycles. The number of anilines is 1. The fourth-order valence-electron chi connectivity index (χ4n) is 8.18. The van der Waals surface area contributed by atoms with Crippen molar-refractivity contribution in [3.63, 3.8) is 0 Å². The third-order valence-electron chi connectivity index (χ3n) is 11.3. The number of amides is 4. The van der Waals surface area contributed by atoms with Gasteiger partial charge in [-0.3, -0.25) is 14.5 Å². The number of rotatable bonds is 10. The molecule has 53 heavy (non-hydrogen) atoms. The summed E-state index contributed by atoms with van der Waals surface area (Å²) in [5, 5.41) is 13.3. The predicted molar refractivity (Wildman–Crippen MR) is 202 cm³/mol. The first-order chi connectivity index (χ1) is 25.6. The molecule has 4 amide bonds. The van der Waals surface area contributed by atoms with E-state index in [2.05, 4.69) is 15.1 Å². The van der Waals surface area contributed by atoms with Crippen LogP contribution in [0.1, 0.15) is 55.7 Å². The number of hydrogen-bond donors (Lipinski definition) is 2. The molecule has 3 fully saturated rings. The van der Waals surface area contributed by atoms with Gasteiger partial charge in [-0.1, -0.05) is 35.8 Å². The van der Waals surface area contributed by atoms with Crippen molar-refractivity contribution < 1.29 is 33.8 Å². The van der Waals surface area contributed by atoms with Crippen LogP contribution in [0.5, 0.6) is 5.75 Å². The molecule has 14 heteroatoms. The van der Waals surface area contributed by atoms with Gasteiger partial charge in [0.25, 0.3) is 5.91 Å². The third-order valence-corrected chi connectivity index (χ3v) is 11.3. The van der Waals surface area contributed by atoms with Crippen molar-refractivity contribution in [2.75, 3.05) is 77.4 Å². The Labute approximate surface area is 313 Å². The maximum absolute atomic E-state index is 14.1. The highest BCUT2D eigenvalue weighted by Crippen LogP contribution is 2.26. The molecule has 4 aliphatic rings. The molecule has 2 aromatic carbocycles. The number of phenolic OH excluding ortho intramolecular Hbond substituents is 1. The van der Waals surface area contributed by atoms with E-state index in [9.17, 15) is 24.3 Å². The molecule has 13 nitrogen and oxygen atoms in total. The minimum absolute atomic E-state index is 0.000340. The molecule has 0 aromatic heterocycles. The van der Waals surface area contributed by atoms with Gasteiger partial charge in [-0.25, -0.2) is 9.59 Å². The zero-order chi connectivity index (χ0) is 37.5. The number of nitrogens with one attached hydrogen (secondary N) is 1. The van der Waals surface area contributed by atoms with Crippen LogP contribution in [0, 0.1) is 6.92 Å². The molecule has 3 saturated heterocycles. The zero-order valence-corrected chi connectivity index (χ0v) is 31.1. The summed E-state index contributed by atoms with van der Waals surface area (Å²) in [7, 11) is 6.07. The van der Waals surface area contributed by atoms with Crippen LogP contribution in [0.4, 0.5) is 15.3 Å². The van der Waals surface area contributed by atoms with Gasteiger partial charge in [-0.05, 0) is 68.7 Å². The number of piperidine rings is 2. The van der Waals surface area contributed by atoms with Crippen LogP contribution in [0.2, 0.25) is 0 Å².